The lowest BCUT2D eigenvalue weighted by atomic mass is 9.94. The molecule has 0 atom stereocenters. The van der Waals surface area contributed by atoms with E-state index in [4.69, 9.17) is 38.1 Å². The molecule has 0 heterocycles. The average Bonchev–Trinajstić information content (AvgIpc) is 2.53. The zero-order valence-electron chi connectivity index (χ0n) is 14.8. The van der Waals surface area contributed by atoms with Gasteiger partial charge in [-0.3, -0.25) is 0 Å². The molecule has 136 valence electrons. The third-order valence-corrected chi connectivity index (χ3v) is 7.85. The van der Waals surface area contributed by atoms with Crippen LogP contribution in [0.1, 0.15) is 59.3 Å². The number of hydrogen-bond donors (Lipinski definition) is 0. The van der Waals surface area contributed by atoms with Crippen LogP contribution >= 0.6 is 12.2 Å². The molecule has 7 heteroatoms. The quantitative estimate of drug-likeness (QED) is 0.308. The van der Waals surface area contributed by atoms with Crippen molar-refractivity contribution in [1.29, 1.82) is 0 Å². The normalized spacial score (nSPS) is 16.5. The van der Waals surface area contributed by atoms with Crippen LogP contribution in [0, 0.1) is 0 Å². The maximum absolute atomic E-state index is 5.92. The maximum atomic E-state index is 5.92. The molecule has 0 aliphatic heterocycles. The molecule has 1 aliphatic carbocycles. The predicted octanol–water partition coefficient (Wildman–Crippen LogP) is 3.89. The minimum Gasteiger partial charge on any atom is -0.411 e. The molecule has 23 heavy (non-hydrogen) atoms. The summed E-state index contributed by atoms with van der Waals surface area (Å²) in [7, 11) is -2.55. The third kappa shape index (κ3) is 7.32. The third-order valence-electron chi connectivity index (χ3n) is 4.22. The largest absolute Gasteiger partial charge is 0.500 e. The SMILES string of the molecule is CCO[Si](CCCN(C(=S)[S-])C1CCCCC1)(OCC)OCC. The maximum Gasteiger partial charge on any atom is 0.500 e. The molecule has 0 aromatic rings. The number of thiocarbonyl (C=S) groups is 1. The highest BCUT2D eigenvalue weighted by atomic mass is 32.1. The Bertz CT molecular complexity index is 324. The van der Waals surface area contributed by atoms with Crippen LogP contribution in [0.3, 0.4) is 0 Å². The van der Waals surface area contributed by atoms with E-state index in [2.05, 4.69) is 4.90 Å². The molecule has 1 fully saturated rings. The first-order chi connectivity index (χ1) is 11.1. The summed E-state index contributed by atoms with van der Waals surface area (Å²) in [6, 6.07) is 1.35. The second kappa shape index (κ2) is 11.7. The Morgan fingerprint density at radius 1 is 1.04 bits per heavy atom. The topological polar surface area (TPSA) is 30.9 Å². The van der Waals surface area contributed by atoms with E-state index in [1.165, 1.54) is 32.1 Å². The summed E-state index contributed by atoms with van der Waals surface area (Å²) in [6.07, 6.45) is 7.27. The van der Waals surface area contributed by atoms with Gasteiger partial charge in [0.1, 0.15) is 0 Å². The zero-order chi connectivity index (χ0) is 17.1. The van der Waals surface area contributed by atoms with Gasteiger partial charge in [0.25, 0.3) is 0 Å². The molecular weight excluding hydrogens is 346 g/mol. The summed E-state index contributed by atoms with van der Waals surface area (Å²) in [5.74, 6) is 0. The van der Waals surface area contributed by atoms with E-state index in [1.54, 1.807) is 0 Å². The molecule has 1 rings (SSSR count). The molecule has 0 aromatic heterocycles. The molecule has 0 aromatic carbocycles. The number of nitrogens with zero attached hydrogens (tertiary/aromatic N) is 1. The van der Waals surface area contributed by atoms with Crippen molar-refractivity contribution in [2.45, 2.75) is 71.4 Å². The van der Waals surface area contributed by atoms with Gasteiger partial charge in [0.15, 0.2) is 0 Å². The fourth-order valence-corrected chi connectivity index (χ4v) is 6.36. The van der Waals surface area contributed by atoms with Crippen LogP contribution in [-0.2, 0) is 25.9 Å². The second-order valence-electron chi connectivity index (χ2n) is 5.84. The molecule has 4 nitrogen and oxygen atoms in total. The molecule has 0 N–H and O–H groups in total. The molecule has 0 amide bonds. The Morgan fingerprint density at radius 2 is 1.57 bits per heavy atom. The van der Waals surface area contributed by atoms with Gasteiger partial charge in [-0.2, -0.15) is 0 Å². The van der Waals surface area contributed by atoms with E-state index in [0.717, 1.165) is 19.0 Å². The van der Waals surface area contributed by atoms with Crippen molar-refractivity contribution < 1.29 is 13.3 Å². The van der Waals surface area contributed by atoms with Gasteiger partial charge in [0, 0.05) is 38.5 Å². The highest BCUT2D eigenvalue weighted by molar-refractivity contribution is 8.00. The Morgan fingerprint density at radius 3 is 2.00 bits per heavy atom. The van der Waals surface area contributed by atoms with Crippen molar-refractivity contribution >= 4 is 38.0 Å². The number of rotatable bonds is 11. The first-order valence-electron chi connectivity index (χ1n) is 8.98. The van der Waals surface area contributed by atoms with Gasteiger partial charge in [-0.25, -0.2) is 0 Å². The zero-order valence-corrected chi connectivity index (χ0v) is 17.5. The molecular formula is C16H32NO3S2Si-. The van der Waals surface area contributed by atoms with Crippen molar-refractivity contribution in [3.8, 4) is 0 Å². The highest BCUT2D eigenvalue weighted by Crippen LogP contribution is 2.25. The van der Waals surface area contributed by atoms with E-state index in [9.17, 15) is 0 Å². The smallest absolute Gasteiger partial charge is 0.411 e. The van der Waals surface area contributed by atoms with Gasteiger partial charge in [-0.15, -0.1) is 0 Å². The van der Waals surface area contributed by atoms with E-state index in [-0.39, 0.29) is 0 Å². The van der Waals surface area contributed by atoms with E-state index >= 15 is 0 Å². The second-order valence-corrected chi connectivity index (χ2v) is 9.60. The Balaban J connectivity index is 2.58. The molecule has 0 saturated heterocycles. The summed E-state index contributed by atoms with van der Waals surface area (Å²) in [5.41, 5.74) is 0. The van der Waals surface area contributed by atoms with Gasteiger partial charge in [0.2, 0.25) is 0 Å². The van der Waals surface area contributed by atoms with E-state index in [1.807, 2.05) is 20.8 Å². The Kier molecular flexibility index (Phi) is 10.8. The molecule has 0 radical (unpaired) electrons. The highest BCUT2D eigenvalue weighted by Gasteiger charge is 2.39. The van der Waals surface area contributed by atoms with Crippen LogP contribution in [-0.4, -0.2) is 50.4 Å². The van der Waals surface area contributed by atoms with Crippen molar-refractivity contribution in [2.75, 3.05) is 26.4 Å². The van der Waals surface area contributed by atoms with Crippen LogP contribution in [0.2, 0.25) is 6.04 Å². The summed E-state index contributed by atoms with van der Waals surface area (Å²) in [5, 5.41) is 0. The first-order valence-corrected chi connectivity index (χ1v) is 11.7. The van der Waals surface area contributed by atoms with Crippen LogP contribution in [0.15, 0.2) is 0 Å². The molecule has 0 spiro atoms. The van der Waals surface area contributed by atoms with Crippen molar-refractivity contribution in [3.05, 3.63) is 0 Å². The summed E-state index contributed by atoms with van der Waals surface area (Å²) in [4.78, 5) is 2.24. The summed E-state index contributed by atoms with van der Waals surface area (Å²) in [6.45, 7) is 8.73. The van der Waals surface area contributed by atoms with Gasteiger partial charge in [0.05, 0.1) is 0 Å². The van der Waals surface area contributed by atoms with E-state index in [0.29, 0.717) is 30.2 Å². The van der Waals surface area contributed by atoms with Gasteiger partial charge in [-0.1, -0.05) is 23.6 Å². The van der Waals surface area contributed by atoms with Gasteiger partial charge < -0.3 is 43.0 Å². The fourth-order valence-electron chi connectivity index (χ4n) is 3.28. The lowest BCUT2D eigenvalue weighted by Gasteiger charge is -2.39. The molecule has 0 unspecified atom stereocenters. The summed E-state index contributed by atoms with van der Waals surface area (Å²) >= 11 is 10.6. The first kappa shape index (κ1) is 21.2. The van der Waals surface area contributed by atoms with Gasteiger partial charge in [-0.05, 0) is 40.0 Å². The molecule has 1 saturated carbocycles. The van der Waals surface area contributed by atoms with E-state index < -0.39 is 8.80 Å². The van der Waals surface area contributed by atoms with Crippen LogP contribution in [0.25, 0.3) is 0 Å². The minimum atomic E-state index is -2.55. The van der Waals surface area contributed by atoms with Crippen molar-refractivity contribution in [2.24, 2.45) is 0 Å². The average molecular weight is 379 g/mol. The predicted molar refractivity (Wildman–Crippen MR) is 104 cm³/mol. The van der Waals surface area contributed by atoms with Gasteiger partial charge >= 0.3 is 8.80 Å². The Hall–Kier alpha value is 0.207. The lowest BCUT2D eigenvalue weighted by molar-refractivity contribution is 0.0700. The van der Waals surface area contributed by atoms with Crippen LogP contribution < -0.4 is 0 Å². The fraction of sp³-hybridized carbons (Fsp3) is 0.938. The minimum absolute atomic E-state index is 0.524. The molecule has 1 aliphatic rings. The van der Waals surface area contributed by atoms with Crippen LogP contribution in [0.5, 0.6) is 0 Å². The summed E-state index contributed by atoms with van der Waals surface area (Å²) < 4.78 is 18.4. The number of hydrogen-bond acceptors (Lipinski definition) is 5. The lowest BCUT2D eigenvalue weighted by Crippen LogP contribution is -2.47. The van der Waals surface area contributed by atoms with Crippen molar-refractivity contribution in [1.82, 2.24) is 4.90 Å². The van der Waals surface area contributed by atoms with Crippen molar-refractivity contribution in [3.63, 3.8) is 0 Å². The Labute approximate surface area is 154 Å². The van der Waals surface area contributed by atoms with Crippen LogP contribution in [0.4, 0.5) is 0 Å². The standard InChI is InChI=1S/C16H33NO3S2Si/c1-4-18-23(19-5-2,20-6-3)14-10-13-17(16(21)22)15-11-8-7-9-12-15/h15H,4-14H2,1-3H3,(H,21,22)/p-1. The monoisotopic (exact) mass is 378 g/mol. The molecule has 0 bridgehead atoms.